The molecule has 0 amide bonds. The van der Waals surface area contributed by atoms with E-state index in [9.17, 15) is 0 Å². The molecule has 0 unspecified atom stereocenters. The van der Waals surface area contributed by atoms with E-state index in [4.69, 9.17) is 5.73 Å². The Balaban J connectivity index is 2.47. The number of aryl methyl sites for hydroxylation is 1. The summed E-state index contributed by atoms with van der Waals surface area (Å²) in [5.41, 5.74) is 8.79. The monoisotopic (exact) mass is 202 g/mol. The van der Waals surface area contributed by atoms with E-state index in [0.717, 1.165) is 23.4 Å². The zero-order valence-corrected chi connectivity index (χ0v) is 8.72. The molecule has 0 atom stereocenters. The van der Waals surface area contributed by atoms with Crippen molar-refractivity contribution < 1.29 is 0 Å². The molecular formula is C11H14N4. The molecule has 0 aromatic carbocycles. The lowest BCUT2D eigenvalue weighted by atomic mass is 10.1. The van der Waals surface area contributed by atoms with Crippen molar-refractivity contribution in [3.8, 4) is 11.3 Å². The van der Waals surface area contributed by atoms with Gasteiger partial charge in [-0.05, 0) is 19.1 Å². The maximum absolute atomic E-state index is 5.69. The minimum absolute atomic E-state index is 0.512. The van der Waals surface area contributed by atoms with Crippen molar-refractivity contribution in [3.05, 3.63) is 36.3 Å². The Kier molecular flexibility index (Phi) is 2.78. The molecule has 0 saturated heterocycles. The number of hydrogen-bond acceptors (Lipinski definition) is 3. The number of rotatable bonds is 3. The molecular weight excluding hydrogens is 188 g/mol. The lowest BCUT2D eigenvalue weighted by Gasteiger charge is -1.98. The van der Waals surface area contributed by atoms with E-state index in [-0.39, 0.29) is 0 Å². The van der Waals surface area contributed by atoms with Crippen molar-refractivity contribution in [2.45, 2.75) is 20.0 Å². The summed E-state index contributed by atoms with van der Waals surface area (Å²) in [7, 11) is 0. The molecule has 15 heavy (non-hydrogen) atoms. The highest BCUT2D eigenvalue weighted by atomic mass is 15.3. The van der Waals surface area contributed by atoms with Gasteiger partial charge in [0.15, 0.2) is 0 Å². The van der Waals surface area contributed by atoms with Gasteiger partial charge >= 0.3 is 0 Å². The van der Waals surface area contributed by atoms with Crippen LogP contribution < -0.4 is 5.73 Å². The lowest BCUT2D eigenvalue weighted by Crippen LogP contribution is -1.96. The third-order valence-electron chi connectivity index (χ3n) is 2.34. The first-order chi connectivity index (χ1) is 7.35. The highest BCUT2D eigenvalue weighted by Crippen LogP contribution is 2.20. The third kappa shape index (κ3) is 1.89. The van der Waals surface area contributed by atoms with Crippen LogP contribution in [0.5, 0.6) is 0 Å². The smallest absolute Gasteiger partial charge is 0.0969 e. The van der Waals surface area contributed by atoms with Crippen molar-refractivity contribution in [1.29, 1.82) is 0 Å². The van der Waals surface area contributed by atoms with Gasteiger partial charge in [-0.25, -0.2) is 0 Å². The molecule has 2 N–H and O–H groups in total. The highest BCUT2D eigenvalue weighted by Gasteiger charge is 2.08. The Labute approximate surface area is 88.8 Å². The zero-order chi connectivity index (χ0) is 10.7. The molecule has 0 spiro atoms. The summed E-state index contributed by atoms with van der Waals surface area (Å²) in [6.07, 6.45) is 5.52. The van der Waals surface area contributed by atoms with Crippen LogP contribution in [-0.4, -0.2) is 14.8 Å². The van der Waals surface area contributed by atoms with E-state index in [2.05, 4.69) is 17.0 Å². The van der Waals surface area contributed by atoms with Gasteiger partial charge in [0.25, 0.3) is 0 Å². The minimum atomic E-state index is 0.512. The van der Waals surface area contributed by atoms with Gasteiger partial charge in [-0.3, -0.25) is 9.67 Å². The van der Waals surface area contributed by atoms with Crippen LogP contribution in [0.1, 0.15) is 12.5 Å². The molecule has 2 aromatic heterocycles. The first kappa shape index (κ1) is 9.86. The summed E-state index contributed by atoms with van der Waals surface area (Å²) in [5.74, 6) is 0. The Bertz CT molecular complexity index is 433. The molecule has 4 nitrogen and oxygen atoms in total. The Morgan fingerprint density at radius 2 is 2.07 bits per heavy atom. The maximum atomic E-state index is 5.69. The Morgan fingerprint density at radius 1 is 1.33 bits per heavy atom. The van der Waals surface area contributed by atoms with Crippen LogP contribution in [0.15, 0.2) is 30.7 Å². The molecule has 0 aliphatic carbocycles. The van der Waals surface area contributed by atoms with Crippen molar-refractivity contribution in [3.63, 3.8) is 0 Å². The van der Waals surface area contributed by atoms with Crippen molar-refractivity contribution >= 4 is 0 Å². The first-order valence-corrected chi connectivity index (χ1v) is 5.02. The van der Waals surface area contributed by atoms with Crippen LogP contribution in [-0.2, 0) is 13.1 Å². The van der Waals surface area contributed by atoms with Gasteiger partial charge in [-0.2, -0.15) is 5.10 Å². The van der Waals surface area contributed by atoms with E-state index in [1.165, 1.54) is 0 Å². The van der Waals surface area contributed by atoms with Crippen molar-refractivity contribution in [2.24, 2.45) is 5.73 Å². The summed E-state index contributed by atoms with van der Waals surface area (Å²) < 4.78 is 1.90. The van der Waals surface area contributed by atoms with E-state index in [1.54, 1.807) is 12.4 Å². The van der Waals surface area contributed by atoms with Gasteiger partial charge in [-0.15, -0.1) is 0 Å². The summed E-state index contributed by atoms with van der Waals surface area (Å²) in [6.45, 7) is 3.43. The quantitative estimate of drug-likeness (QED) is 0.819. The van der Waals surface area contributed by atoms with Crippen LogP contribution in [0.4, 0.5) is 0 Å². The van der Waals surface area contributed by atoms with Gasteiger partial charge in [0.1, 0.15) is 0 Å². The largest absolute Gasteiger partial charge is 0.326 e. The Hall–Kier alpha value is -1.68. The predicted molar refractivity (Wildman–Crippen MR) is 59.0 cm³/mol. The average Bonchev–Trinajstić information content (AvgIpc) is 2.73. The minimum Gasteiger partial charge on any atom is -0.326 e. The topological polar surface area (TPSA) is 56.7 Å². The maximum Gasteiger partial charge on any atom is 0.0969 e. The van der Waals surface area contributed by atoms with Gasteiger partial charge in [-0.1, -0.05) is 0 Å². The zero-order valence-electron chi connectivity index (χ0n) is 8.72. The number of hydrogen-bond donors (Lipinski definition) is 1. The molecule has 4 heteroatoms. The SMILES string of the molecule is CCn1cc(CN)c(-c2ccncc2)n1. The summed E-state index contributed by atoms with van der Waals surface area (Å²) in [4.78, 5) is 3.99. The van der Waals surface area contributed by atoms with Gasteiger partial charge < -0.3 is 5.73 Å². The standard InChI is InChI=1S/C11H14N4/c1-2-15-8-10(7-12)11(14-15)9-3-5-13-6-4-9/h3-6,8H,2,7,12H2,1H3. The van der Waals surface area contributed by atoms with E-state index >= 15 is 0 Å². The molecule has 0 aliphatic heterocycles. The van der Waals surface area contributed by atoms with E-state index in [0.29, 0.717) is 6.54 Å². The predicted octanol–water partition coefficient (Wildman–Crippen LogP) is 1.42. The fraction of sp³-hybridized carbons (Fsp3) is 0.273. The molecule has 0 radical (unpaired) electrons. The fourth-order valence-electron chi connectivity index (χ4n) is 1.53. The van der Waals surface area contributed by atoms with Crippen molar-refractivity contribution in [2.75, 3.05) is 0 Å². The Morgan fingerprint density at radius 3 is 2.67 bits per heavy atom. The fourth-order valence-corrected chi connectivity index (χ4v) is 1.53. The molecule has 2 rings (SSSR count). The lowest BCUT2D eigenvalue weighted by molar-refractivity contribution is 0.661. The number of nitrogens with two attached hydrogens (primary N) is 1. The molecule has 0 fully saturated rings. The van der Waals surface area contributed by atoms with Crippen LogP contribution in [0.25, 0.3) is 11.3 Å². The number of nitrogens with zero attached hydrogens (tertiary/aromatic N) is 3. The number of aromatic nitrogens is 3. The summed E-state index contributed by atoms with van der Waals surface area (Å²) in [6, 6.07) is 3.89. The van der Waals surface area contributed by atoms with E-state index in [1.807, 2.05) is 23.0 Å². The van der Waals surface area contributed by atoms with Crippen LogP contribution in [0.2, 0.25) is 0 Å². The van der Waals surface area contributed by atoms with Gasteiger partial charge in [0.2, 0.25) is 0 Å². The van der Waals surface area contributed by atoms with Crippen LogP contribution in [0.3, 0.4) is 0 Å². The van der Waals surface area contributed by atoms with Crippen LogP contribution >= 0.6 is 0 Å². The van der Waals surface area contributed by atoms with Gasteiger partial charge in [0, 0.05) is 42.8 Å². The second kappa shape index (κ2) is 4.23. The molecule has 2 heterocycles. The van der Waals surface area contributed by atoms with E-state index < -0.39 is 0 Å². The van der Waals surface area contributed by atoms with Crippen molar-refractivity contribution in [1.82, 2.24) is 14.8 Å². The summed E-state index contributed by atoms with van der Waals surface area (Å²) in [5, 5.41) is 4.48. The third-order valence-corrected chi connectivity index (χ3v) is 2.34. The molecule has 0 aliphatic rings. The normalized spacial score (nSPS) is 10.5. The number of pyridine rings is 1. The molecule has 2 aromatic rings. The molecule has 0 bridgehead atoms. The summed E-state index contributed by atoms with van der Waals surface area (Å²) >= 11 is 0. The molecule has 78 valence electrons. The second-order valence-corrected chi connectivity index (χ2v) is 3.30. The van der Waals surface area contributed by atoms with Crippen LogP contribution in [0, 0.1) is 0 Å². The molecule has 0 saturated carbocycles. The second-order valence-electron chi connectivity index (χ2n) is 3.30. The first-order valence-electron chi connectivity index (χ1n) is 5.02. The average molecular weight is 202 g/mol. The highest BCUT2D eigenvalue weighted by molar-refractivity contribution is 5.61. The van der Waals surface area contributed by atoms with Gasteiger partial charge in [0.05, 0.1) is 5.69 Å².